The van der Waals surface area contributed by atoms with Crippen LogP contribution in [0.3, 0.4) is 0 Å². The lowest BCUT2D eigenvalue weighted by Gasteiger charge is -1.96. The number of hydrogen-bond donors (Lipinski definition) is 4. The molecule has 0 saturated carbocycles. The maximum atomic E-state index is 5.35. The van der Waals surface area contributed by atoms with Crippen LogP contribution in [0.25, 0.3) is 0 Å². The number of rotatable bonds is 3. The minimum absolute atomic E-state index is 0.316. The Morgan fingerprint density at radius 3 is 3.08 bits per heavy atom. The van der Waals surface area contributed by atoms with E-state index in [-0.39, 0.29) is 0 Å². The van der Waals surface area contributed by atoms with Crippen LogP contribution in [0.15, 0.2) is 18.5 Å². The van der Waals surface area contributed by atoms with Crippen LogP contribution in [0.2, 0.25) is 0 Å². The number of H-pyrrole nitrogens is 2. The summed E-state index contributed by atoms with van der Waals surface area (Å²) < 4.78 is 0. The van der Waals surface area contributed by atoms with E-state index in [1.54, 1.807) is 0 Å². The van der Waals surface area contributed by atoms with Crippen LogP contribution in [-0.4, -0.2) is 20.2 Å². The van der Waals surface area contributed by atoms with Gasteiger partial charge in [0.1, 0.15) is 0 Å². The topological polar surface area (TPSA) is 95.4 Å². The summed E-state index contributed by atoms with van der Waals surface area (Å²) in [7, 11) is 0. The lowest BCUT2D eigenvalue weighted by Crippen LogP contribution is -1.99. The molecule has 0 spiro atoms. The highest BCUT2D eigenvalue weighted by Gasteiger charge is 1.98. The van der Waals surface area contributed by atoms with E-state index in [9.17, 15) is 0 Å². The van der Waals surface area contributed by atoms with Crippen molar-refractivity contribution in [3.05, 3.63) is 24.0 Å². The van der Waals surface area contributed by atoms with Crippen LogP contribution in [0, 0.1) is 0 Å². The molecule has 0 aliphatic carbocycles. The Bertz CT molecular complexity index is 362. The number of nitrogens with one attached hydrogen (secondary N) is 3. The number of hydrogen-bond acceptors (Lipinski definition) is 4. The van der Waals surface area contributed by atoms with E-state index in [2.05, 4.69) is 25.5 Å². The minimum Gasteiger partial charge on any atom is -0.368 e. The van der Waals surface area contributed by atoms with E-state index in [4.69, 9.17) is 5.73 Å². The quantitative estimate of drug-likeness (QED) is 0.544. The number of nitrogens with zero attached hydrogens (tertiary/aromatic N) is 2. The van der Waals surface area contributed by atoms with E-state index >= 15 is 0 Å². The van der Waals surface area contributed by atoms with Crippen molar-refractivity contribution in [2.45, 2.75) is 6.54 Å². The maximum absolute atomic E-state index is 5.35. The Kier molecular flexibility index (Phi) is 1.87. The highest BCUT2D eigenvalue weighted by molar-refractivity contribution is 5.30. The highest BCUT2D eigenvalue weighted by Crippen LogP contribution is 2.02. The van der Waals surface area contributed by atoms with Gasteiger partial charge in [0.25, 0.3) is 0 Å². The molecule has 0 unspecified atom stereocenters. The third-order valence-electron chi connectivity index (χ3n) is 1.62. The van der Waals surface area contributed by atoms with Crippen LogP contribution in [-0.2, 0) is 6.54 Å². The van der Waals surface area contributed by atoms with Crippen LogP contribution < -0.4 is 11.1 Å². The van der Waals surface area contributed by atoms with Gasteiger partial charge in [-0.25, -0.2) is 5.10 Å². The van der Waals surface area contributed by atoms with Crippen molar-refractivity contribution in [2.75, 3.05) is 11.1 Å². The van der Waals surface area contributed by atoms with Gasteiger partial charge in [0.2, 0.25) is 11.9 Å². The molecule has 2 aromatic rings. The Labute approximate surface area is 74.6 Å². The first-order valence-electron chi connectivity index (χ1n) is 3.88. The molecule has 0 atom stereocenters. The standard InChI is InChI=1S/C7H10N6/c8-6-11-7(13-12-6)10-4-5-1-2-9-3-5/h1-3,9H,4H2,(H4,8,10,11,12,13). The number of nitrogens with two attached hydrogens (primary N) is 1. The Hall–Kier alpha value is -1.98. The first-order chi connectivity index (χ1) is 6.34. The van der Waals surface area contributed by atoms with Gasteiger partial charge < -0.3 is 16.0 Å². The molecule has 2 aromatic heterocycles. The lowest BCUT2D eigenvalue weighted by molar-refractivity contribution is 1.05. The van der Waals surface area contributed by atoms with Gasteiger partial charge in [0, 0.05) is 18.9 Å². The number of aromatic nitrogens is 4. The zero-order chi connectivity index (χ0) is 9.10. The van der Waals surface area contributed by atoms with Gasteiger partial charge in [-0.15, -0.1) is 5.10 Å². The van der Waals surface area contributed by atoms with Gasteiger partial charge in [0.15, 0.2) is 0 Å². The molecule has 2 heterocycles. The zero-order valence-electron chi connectivity index (χ0n) is 6.91. The van der Waals surface area contributed by atoms with Gasteiger partial charge in [-0.3, -0.25) is 0 Å². The molecule has 6 nitrogen and oxygen atoms in total. The Balaban J connectivity index is 1.93. The normalized spacial score (nSPS) is 10.2. The summed E-state index contributed by atoms with van der Waals surface area (Å²) in [5.74, 6) is 0.829. The van der Waals surface area contributed by atoms with Gasteiger partial charge in [-0.05, 0) is 11.6 Å². The predicted octanol–water partition coefficient (Wildman–Crippen LogP) is 0.327. The summed E-state index contributed by atoms with van der Waals surface area (Å²) in [5, 5.41) is 9.39. The molecule has 0 aliphatic heterocycles. The highest BCUT2D eigenvalue weighted by atomic mass is 15.3. The fraction of sp³-hybridized carbons (Fsp3) is 0.143. The second-order valence-corrected chi connectivity index (χ2v) is 2.62. The van der Waals surface area contributed by atoms with E-state index in [0.717, 1.165) is 5.56 Å². The van der Waals surface area contributed by atoms with E-state index in [0.29, 0.717) is 18.4 Å². The molecule has 6 heteroatoms. The molecule has 0 aliphatic rings. The molecule has 0 fully saturated rings. The van der Waals surface area contributed by atoms with Crippen LogP contribution in [0.4, 0.5) is 11.9 Å². The molecule has 5 N–H and O–H groups in total. The van der Waals surface area contributed by atoms with Crippen molar-refractivity contribution in [3.63, 3.8) is 0 Å². The van der Waals surface area contributed by atoms with Crippen molar-refractivity contribution < 1.29 is 0 Å². The van der Waals surface area contributed by atoms with Gasteiger partial charge in [0.05, 0.1) is 0 Å². The summed E-state index contributed by atoms with van der Waals surface area (Å²) in [6.07, 6.45) is 3.77. The summed E-state index contributed by atoms with van der Waals surface area (Å²) in [6, 6.07) is 1.98. The Morgan fingerprint density at radius 2 is 2.46 bits per heavy atom. The van der Waals surface area contributed by atoms with Crippen LogP contribution in [0.1, 0.15) is 5.56 Å². The summed E-state index contributed by atoms with van der Waals surface area (Å²) >= 11 is 0. The van der Waals surface area contributed by atoms with Crippen molar-refractivity contribution in [3.8, 4) is 0 Å². The third-order valence-corrected chi connectivity index (χ3v) is 1.62. The van der Waals surface area contributed by atoms with E-state index in [1.165, 1.54) is 0 Å². The molecule has 0 bridgehead atoms. The predicted molar refractivity (Wildman–Crippen MR) is 48.9 cm³/mol. The van der Waals surface area contributed by atoms with Crippen molar-refractivity contribution in [1.29, 1.82) is 0 Å². The first kappa shape index (κ1) is 7.66. The average molecular weight is 178 g/mol. The van der Waals surface area contributed by atoms with Crippen molar-refractivity contribution in [2.24, 2.45) is 0 Å². The number of nitrogen functional groups attached to an aromatic ring is 1. The minimum atomic E-state index is 0.316. The number of aromatic amines is 2. The molecule has 0 saturated heterocycles. The van der Waals surface area contributed by atoms with Crippen LogP contribution in [0.5, 0.6) is 0 Å². The second kappa shape index (κ2) is 3.18. The summed E-state index contributed by atoms with van der Waals surface area (Å²) in [5.41, 5.74) is 6.49. The molecule has 0 aromatic carbocycles. The fourth-order valence-corrected chi connectivity index (χ4v) is 1.00. The fourth-order valence-electron chi connectivity index (χ4n) is 1.00. The first-order valence-corrected chi connectivity index (χ1v) is 3.88. The van der Waals surface area contributed by atoms with E-state index in [1.807, 2.05) is 18.5 Å². The SMILES string of the molecule is Nc1nc(NCc2cc[nH]c2)n[nH]1. The molecule has 0 amide bonds. The largest absolute Gasteiger partial charge is 0.368 e. The summed E-state index contributed by atoms with van der Waals surface area (Å²) in [6.45, 7) is 0.681. The molecule has 68 valence electrons. The lowest BCUT2D eigenvalue weighted by atomic mass is 10.3. The molecular weight excluding hydrogens is 168 g/mol. The molecule has 2 rings (SSSR count). The van der Waals surface area contributed by atoms with Gasteiger partial charge in [-0.2, -0.15) is 4.98 Å². The van der Waals surface area contributed by atoms with Crippen molar-refractivity contribution in [1.82, 2.24) is 20.2 Å². The smallest absolute Gasteiger partial charge is 0.243 e. The zero-order valence-corrected chi connectivity index (χ0v) is 6.91. The summed E-state index contributed by atoms with van der Waals surface area (Å²) in [4.78, 5) is 6.86. The molecule has 13 heavy (non-hydrogen) atoms. The third kappa shape index (κ3) is 1.78. The van der Waals surface area contributed by atoms with E-state index < -0.39 is 0 Å². The van der Waals surface area contributed by atoms with Crippen molar-refractivity contribution >= 4 is 11.9 Å². The van der Waals surface area contributed by atoms with Crippen LogP contribution >= 0.6 is 0 Å². The molecule has 0 radical (unpaired) electrons. The number of anilines is 2. The maximum Gasteiger partial charge on any atom is 0.243 e. The van der Waals surface area contributed by atoms with Gasteiger partial charge >= 0.3 is 0 Å². The second-order valence-electron chi connectivity index (χ2n) is 2.62. The monoisotopic (exact) mass is 178 g/mol. The molecular formula is C7H10N6. The van der Waals surface area contributed by atoms with Gasteiger partial charge in [-0.1, -0.05) is 0 Å². The Morgan fingerprint density at radius 1 is 1.54 bits per heavy atom. The average Bonchev–Trinajstić information content (AvgIpc) is 2.71.